The number of aromatic nitrogens is 2. The Labute approximate surface area is 90.1 Å². The van der Waals surface area contributed by atoms with Crippen LogP contribution in [0.3, 0.4) is 0 Å². The van der Waals surface area contributed by atoms with E-state index in [2.05, 4.69) is 16.9 Å². The summed E-state index contributed by atoms with van der Waals surface area (Å²) in [5.74, 6) is -0.184. The molecule has 0 aliphatic rings. The summed E-state index contributed by atoms with van der Waals surface area (Å²) in [4.78, 5) is 18.0. The Hall–Kier alpha value is -1.32. The molecule has 1 aromatic heterocycles. The fraction of sp³-hybridized carbons (Fsp3) is 0.636. The lowest BCUT2D eigenvalue weighted by Gasteiger charge is -2.03. The zero-order valence-electron chi connectivity index (χ0n) is 9.16. The third-order valence-electron chi connectivity index (χ3n) is 2.15. The average Bonchev–Trinajstić information content (AvgIpc) is 2.70. The average molecular weight is 210 g/mol. The van der Waals surface area contributed by atoms with E-state index in [1.807, 2.05) is 0 Å². The SMILES string of the molecule is CCCCCCOC(=O)Cc1cnc[nH]1. The summed E-state index contributed by atoms with van der Waals surface area (Å²) in [5, 5.41) is 0. The van der Waals surface area contributed by atoms with Crippen LogP contribution in [-0.4, -0.2) is 22.5 Å². The van der Waals surface area contributed by atoms with Gasteiger partial charge in [0.1, 0.15) is 0 Å². The van der Waals surface area contributed by atoms with Crippen molar-refractivity contribution in [1.82, 2.24) is 9.97 Å². The summed E-state index contributed by atoms with van der Waals surface area (Å²) in [6.07, 6.45) is 7.98. The second-order valence-corrected chi connectivity index (χ2v) is 3.53. The molecule has 0 saturated carbocycles. The maximum Gasteiger partial charge on any atom is 0.311 e. The molecule has 0 aliphatic heterocycles. The fourth-order valence-electron chi connectivity index (χ4n) is 1.30. The number of ether oxygens (including phenoxy) is 1. The summed E-state index contributed by atoms with van der Waals surface area (Å²) in [6, 6.07) is 0. The molecule has 4 nitrogen and oxygen atoms in total. The number of hydrogen-bond acceptors (Lipinski definition) is 3. The van der Waals surface area contributed by atoms with E-state index in [1.54, 1.807) is 12.5 Å². The number of esters is 1. The predicted octanol–water partition coefficient (Wildman–Crippen LogP) is 2.08. The van der Waals surface area contributed by atoms with Gasteiger partial charge in [0.15, 0.2) is 0 Å². The second-order valence-electron chi connectivity index (χ2n) is 3.53. The molecule has 1 heterocycles. The van der Waals surface area contributed by atoms with Crippen molar-refractivity contribution in [1.29, 1.82) is 0 Å². The normalized spacial score (nSPS) is 10.2. The van der Waals surface area contributed by atoms with Gasteiger partial charge in [-0.2, -0.15) is 0 Å². The molecule has 1 rings (SSSR count). The van der Waals surface area contributed by atoms with E-state index in [1.165, 1.54) is 12.8 Å². The smallest absolute Gasteiger partial charge is 0.311 e. The Kier molecular flexibility index (Phi) is 5.51. The molecular weight excluding hydrogens is 192 g/mol. The number of H-pyrrole nitrogens is 1. The highest BCUT2D eigenvalue weighted by atomic mass is 16.5. The van der Waals surface area contributed by atoms with Gasteiger partial charge in [-0.05, 0) is 6.42 Å². The Morgan fingerprint density at radius 3 is 3.00 bits per heavy atom. The van der Waals surface area contributed by atoms with E-state index in [-0.39, 0.29) is 12.4 Å². The minimum Gasteiger partial charge on any atom is -0.465 e. The van der Waals surface area contributed by atoms with E-state index >= 15 is 0 Å². The first kappa shape index (κ1) is 11.8. The molecule has 84 valence electrons. The van der Waals surface area contributed by atoms with Gasteiger partial charge in [0, 0.05) is 11.9 Å². The van der Waals surface area contributed by atoms with E-state index in [0.717, 1.165) is 18.5 Å². The van der Waals surface area contributed by atoms with Crippen LogP contribution < -0.4 is 0 Å². The van der Waals surface area contributed by atoms with Crippen molar-refractivity contribution in [2.75, 3.05) is 6.61 Å². The molecule has 0 spiro atoms. The lowest BCUT2D eigenvalue weighted by molar-refractivity contribution is -0.143. The lowest BCUT2D eigenvalue weighted by atomic mass is 10.2. The van der Waals surface area contributed by atoms with Crippen LogP contribution in [0.4, 0.5) is 0 Å². The molecule has 0 radical (unpaired) electrons. The van der Waals surface area contributed by atoms with Crippen LogP contribution >= 0.6 is 0 Å². The minimum absolute atomic E-state index is 0.184. The number of imidazole rings is 1. The molecule has 4 heteroatoms. The van der Waals surface area contributed by atoms with Crippen LogP contribution in [0.25, 0.3) is 0 Å². The monoisotopic (exact) mass is 210 g/mol. The van der Waals surface area contributed by atoms with Gasteiger partial charge in [0.05, 0.1) is 19.4 Å². The summed E-state index contributed by atoms with van der Waals surface area (Å²) < 4.78 is 5.08. The van der Waals surface area contributed by atoms with E-state index in [9.17, 15) is 4.79 Å². The molecular formula is C11H18N2O2. The van der Waals surface area contributed by atoms with Crippen LogP contribution in [0.5, 0.6) is 0 Å². The number of nitrogens with zero attached hydrogens (tertiary/aromatic N) is 1. The Morgan fingerprint density at radius 2 is 2.33 bits per heavy atom. The highest BCUT2D eigenvalue weighted by molar-refractivity contribution is 5.71. The second kappa shape index (κ2) is 7.04. The number of unbranched alkanes of at least 4 members (excludes halogenated alkanes) is 3. The molecule has 0 atom stereocenters. The van der Waals surface area contributed by atoms with Crippen molar-refractivity contribution >= 4 is 5.97 Å². The maximum absolute atomic E-state index is 11.3. The van der Waals surface area contributed by atoms with Crippen molar-refractivity contribution in [2.45, 2.75) is 39.0 Å². The molecule has 0 aliphatic carbocycles. The topological polar surface area (TPSA) is 55.0 Å². The zero-order valence-corrected chi connectivity index (χ0v) is 9.16. The molecule has 1 N–H and O–H groups in total. The van der Waals surface area contributed by atoms with Gasteiger partial charge in [-0.25, -0.2) is 4.98 Å². The Morgan fingerprint density at radius 1 is 1.47 bits per heavy atom. The highest BCUT2D eigenvalue weighted by Crippen LogP contribution is 2.00. The largest absolute Gasteiger partial charge is 0.465 e. The van der Waals surface area contributed by atoms with Crippen LogP contribution in [0.1, 0.15) is 38.3 Å². The van der Waals surface area contributed by atoms with Gasteiger partial charge in [0.2, 0.25) is 0 Å². The van der Waals surface area contributed by atoms with Gasteiger partial charge in [-0.3, -0.25) is 4.79 Å². The van der Waals surface area contributed by atoms with Gasteiger partial charge >= 0.3 is 5.97 Å². The third kappa shape index (κ3) is 5.20. The molecule has 0 amide bonds. The van der Waals surface area contributed by atoms with Crippen molar-refractivity contribution in [2.24, 2.45) is 0 Å². The summed E-state index contributed by atoms with van der Waals surface area (Å²) in [5.41, 5.74) is 0.800. The molecule has 0 fully saturated rings. The van der Waals surface area contributed by atoms with Gasteiger partial charge < -0.3 is 9.72 Å². The molecule has 0 aromatic carbocycles. The lowest BCUT2D eigenvalue weighted by Crippen LogP contribution is -2.09. The maximum atomic E-state index is 11.3. The first-order valence-corrected chi connectivity index (χ1v) is 5.45. The Bertz CT molecular complexity index is 270. The van der Waals surface area contributed by atoms with Crippen LogP contribution in [-0.2, 0) is 16.0 Å². The van der Waals surface area contributed by atoms with Crippen molar-refractivity contribution < 1.29 is 9.53 Å². The quantitative estimate of drug-likeness (QED) is 0.553. The van der Waals surface area contributed by atoms with E-state index in [0.29, 0.717) is 6.61 Å². The fourth-order valence-corrected chi connectivity index (χ4v) is 1.30. The molecule has 0 saturated heterocycles. The van der Waals surface area contributed by atoms with Gasteiger partial charge in [0.25, 0.3) is 0 Å². The van der Waals surface area contributed by atoms with Crippen molar-refractivity contribution in [3.8, 4) is 0 Å². The van der Waals surface area contributed by atoms with E-state index < -0.39 is 0 Å². The van der Waals surface area contributed by atoms with Gasteiger partial charge in [-0.1, -0.05) is 26.2 Å². The number of rotatable bonds is 7. The van der Waals surface area contributed by atoms with E-state index in [4.69, 9.17) is 4.74 Å². The number of nitrogens with one attached hydrogen (secondary N) is 1. The van der Waals surface area contributed by atoms with Crippen LogP contribution in [0, 0.1) is 0 Å². The Balaban J connectivity index is 2.04. The number of aromatic amines is 1. The number of carbonyl (C=O) groups is 1. The summed E-state index contributed by atoms with van der Waals surface area (Å²) >= 11 is 0. The standard InChI is InChI=1S/C11H18N2O2/c1-2-3-4-5-6-15-11(14)7-10-8-12-9-13-10/h8-9H,2-7H2,1H3,(H,12,13). The molecule has 15 heavy (non-hydrogen) atoms. The number of hydrogen-bond donors (Lipinski definition) is 1. The summed E-state index contributed by atoms with van der Waals surface area (Å²) in [7, 11) is 0. The van der Waals surface area contributed by atoms with Gasteiger partial charge in [-0.15, -0.1) is 0 Å². The van der Waals surface area contributed by atoms with Crippen LogP contribution in [0.15, 0.2) is 12.5 Å². The molecule has 0 bridgehead atoms. The molecule has 0 unspecified atom stereocenters. The third-order valence-corrected chi connectivity index (χ3v) is 2.15. The van der Waals surface area contributed by atoms with Crippen molar-refractivity contribution in [3.63, 3.8) is 0 Å². The molecule has 1 aromatic rings. The predicted molar refractivity (Wildman–Crippen MR) is 57.4 cm³/mol. The first-order chi connectivity index (χ1) is 7.33. The summed E-state index contributed by atoms with van der Waals surface area (Å²) in [6.45, 7) is 2.69. The highest BCUT2D eigenvalue weighted by Gasteiger charge is 2.04. The first-order valence-electron chi connectivity index (χ1n) is 5.45. The number of carbonyl (C=O) groups excluding carboxylic acids is 1. The minimum atomic E-state index is -0.184. The zero-order chi connectivity index (χ0) is 10.9. The van der Waals surface area contributed by atoms with Crippen molar-refractivity contribution in [3.05, 3.63) is 18.2 Å². The van der Waals surface area contributed by atoms with Crippen LogP contribution in [0.2, 0.25) is 0 Å².